The smallest absolute Gasteiger partial charge is 0.291 e. The summed E-state index contributed by atoms with van der Waals surface area (Å²) in [4.78, 5) is 46.6. The molecule has 4 aromatic carbocycles. The molecule has 0 fully saturated rings. The summed E-state index contributed by atoms with van der Waals surface area (Å²) in [7, 11) is 1.57. The zero-order valence-corrected chi connectivity index (χ0v) is 23.8. The second-order valence-electron chi connectivity index (χ2n) is 10.3. The molecule has 42 heavy (non-hydrogen) atoms. The zero-order valence-electron chi connectivity index (χ0n) is 22.3. The summed E-state index contributed by atoms with van der Waals surface area (Å²) >= 11 is 12.4. The second kappa shape index (κ2) is 9.76. The minimum Gasteiger partial charge on any atom is -0.497 e. The highest BCUT2D eigenvalue weighted by atomic mass is 35.5. The highest BCUT2D eigenvalue weighted by Gasteiger charge is 2.65. The Bertz CT molecular complexity index is 1970. The molecule has 3 heterocycles. The number of amides is 2. The zero-order chi connectivity index (χ0) is 29.2. The van der Waals surface area contributed by atoms with Crippen molar-refractivity contribution in [2.45, 2.75) is 18.6 Å². The third-order valence-electron chi connectivity index (χ3n) is 7.95. The van der Waals surface area contributed by atoms with Crippen LogP contribution in [0.3, 0.4) is 0 Å². The monoisotopic (exact) mass is 596 g/mol. The first-order valence-corrected chi connectivity index (χ1v) is 14.0. The molecule has 7 nitrogen and oxygen atoms in total. The molecule has 0 aliphatic carbocycles. The van der Waals surface area contributed by atoms with Gasteiger partial charge in [-0.25, -0.2) is 0 Å². The molecule has 0 saturated heterocycles. The molecule has 7 rings (SSSR count). The Kier molecular flexibility index (Phi) is 6.11. The summed E-state index contributed by atoms with van der Waals surface area (Å²) in [6.45, 7) is 0.248. The van der Waals surface area contributed by atoms with Crippen molar-refractivity contribution in [1.82, 2.24) is 4.90 Å². The minimum absolute atomic E-state index is 0.00756. The van der Waals surface area contributed by atoms with Gasteiger partial charge in [-0.2, -0.15) is 0 Å². The fourth-order valence-corrected chi connectivity index (χ4v) is 6.33. The summed E-state index contributed by atoms with van der Waals surface area (Å²) in [5.74, 6) is -0.472. The molecule has 1 spiro atoms. The van der Waals surface area contributed by atoms with E-state index in [4.69, 9.17) is 32.4 Å². The molecule has 5 aromatic rings. The van der Waals surface area contributed by atoms with Crippen molar-refractivity contribution in [2.24, 2.45) is 0 Å². The van der Waals surface area contributed by atoms with E-state index >= 15 is 0 Å². The van der Waals surface area contributed by atoms with Gasteiger partial charge in [-0.15, -0.1) is 0 Å². The second-order valence-corrected chi connectivity index (χ2v) is 11.1. The van der Waals surface area contributed by atoms with Gasteiger partial charge < -0.3 is 19.0 Å². The van der Waals surface area contributed by atoms with Crippen LogP contribution in [0.25, 0.3) is 11.0 Å². The largest absolute Gasteiger partial charge is 0.497 e. The summed E-state index contributed by atoms with van der Waals surface area (Å²) in [6, 6.07) is 26.3. The number of benzene rings is 4. The van der Waals surface area contributed by atoms with Gasteiger partial charge in [0.15, 0.2) is 11.0 Å². The quantitative estimate of drug-likeness (QED) is 0.230. The predicted molar refractivity (Wildman–Crippen MR) is 160 cm³/mol. The van der Waals surface area contributed by atoms with Crippen LogP contribution < -0.4 is 15.1 Å². The summed E-state index contributed by atoms with van der Waals surface area (Å²) in [6.07, 6.45) is 0. The number of para-hydroxylation sites is 1. The van der Waals surface area contributed by atoms with E-state index in [1.165, 1.54) is 11.0 Å². The molecule has 0 bridgehead atoms. The molecule has 0 saturated carbocycles. The Labute approximate surface area is 250 Å². The van der Waals surface area contributed by atoms with Crippen molar-refractivity contribution in [3.8, 4) is 5.75 Å². The van der Waals surface area contributed by atoms with Crippen LogP contribution in [0, 0.1) is 0 Å². The maximum Gasteiger partial charge on any atom is 0.291 e. The molecule has 1 aromatic heterocycles. The number of ether oxygens (including phenoxy) is 1. The third-order valence-corrected chi connectivity index (χ3v) is 8.44. The lowest BCUT2D eigenvalue weighted by Crippen LogP contribution is -2.52. The topological polar surface area (TPSA) is 80.1 Å². The van der Waals surface area contributed by atoms with Gasteiger partial charge in [-0.05, 0) is 59.7 Å². The number of rotatable bonds is 5. The van der Waals surface area contributed by atoms with Crippen LogP contribution in [0.2, 0.25) is 10.0 Å². The number of hydrogen-bond acceptors (Lipinski definition) is 5. The first kappa shape index (κ1) is 26.3. The number of methoxy groups -OCH3 is 1. The molecule has 9 heteroatoms. The maximum absolute atomic E-state index is 14.9. The van der Waals surface area contributed by atoms with Crippen molar-refractivity contribution in [3.05, 3.63) is 139 Å². The van der Waals surface area contributed by atoms with Gasteiger partial charge in [-0.3, -0.25) is 14.4 Å². The van der Waals surface area contributed by atoms with E-state index in [0.29, 0.717) is 27.0 Å². The highest BCUT2D eigenvalue weighted by Crippen LogP contribution is 2.53. The summed E-state index contributed by atoms with van der Waals surface area (Å²) < 4.78 is 11.4. The van der Waals surface area contributed by atoms with Crippen molar-refractivity contribution in [2.75, 3.05) is 12.0 Å². The standard InChI is InChI=1S/C33H22Cl2N2O5/c1-41-23-13-8-20(9-14-23)18-37-31(39)30-28(29(38)24-16-22(35)12-15-27(24)42-30)33(37)25-4-2-3-5-26(25)36(32(33)40)17-19-6-10-21(34)11-7-19/h2-16H,17-18H2,1H3. The van der Waals surface area contributed by atoms with E-state index in [9.17, 15) is 14.4 Å². The normalized spacial score (nSPS) is 17.3. The number of nitrogens with zero attached hydrogens (tertiary/aromatic N) is 2. The SMILES string of the molecule is COc1ccc(CN2C(=O)c3oc4ccc(Cl)cc4c(=O)c3C23C(=O)N(Cc2ccc(Cl)cc2)c2ccccc23)cc1. The number of carbonyl (C=O) groups excluding carboxylic acids is 2. The van der Waals surface area contributed by atoms with E-state index in [2.05, 4.69) is 0 Å². The summed E-state index contributed by atoms with van der Waals surface area (Å²) in [5, 5.41) is 1.11. The number of fused-ring (bicyclic) bond motifs is 5. The van der Waals surface area contributed by atoms with Crippen LogP contribution >= 0.6 is 23.2 Å². The number of hydrogen-bond donors (Lipinski definition) is 0. The average molecular weight is 597 g/mol. The van der Waals surface area contributed by atoms with E-state index in [-0.39, 0.29) is 35.4 Å². The van der Waals surface area contributed by atoms with Crippen LogP contribution in [0.4, 0.5) is 5.69 Å². The van der Waals surface area contributed by atoms with Crippen LogP contribution in [0.1, 0.15) is 32.8 Å². The lowest BCUT2D eigenvalue weighted by Gasteiger charge is -2.34. The molecular formula is C33H22Cl2N2O5. The Morgan fingerprint density at radius 2 is 1.48 bits per heavy atom. The average Bonchev–Trinajstić information content (AvgIpc) is 3.39. The number of halogens is 2. The van der Waals surface area contributed by atoms with Gasteiger partial charge in [-0.1, -0.05) is 65.7 Å². The first-order valence-electron chi connectivity index (χ1n) is 13.2. The van der Waals surface area contributed by atoms with Crippen molar-refractivity contribution < 1.29 is 18.7 Å². The van der Waals surface area contributed by atoms with Crippen LogP contribution in [-0.4, -0.2) is 23.8 Å². The number of anilines is 1. The molecule has 0 radical (unpaired) electrons. The molecule has 1 atom stereocenters. The van der Waals surface area contributed by atoms with Gasteiger partial charge in [0.05, 0.1) is 30.3 Å². The fourth-order valence-electron chi connectivity index (χ4n) is 6.03. The highest BCUT2D eigenvalue weighted by molar-refractivity contribution is 6.31. The van der Waals surface area contributed by atoms with Gasteiger partial charge in [0.1, 0.15) is 11.3 Å². The van der Waals surface area contributed by atoms with E-state index in [1.54, 1.807) is 60.5 Å². The van der Waals surface area contributed by atoms with Gasteiger partial charge in [0.2, 0.25) is 5.76 Å². The Morgan fingerprint density at radius 1 is 0.810 bits per heavy atom. The van der Waals surface area contributed by atoms with Crippen molar-refractivity contribution >= 4 is 51.7 Å². The van der Waals surface area contributed by atoms with E-state index in [0.717, 1.165) is 11.1 Å². The third kappa shape index (κ3) is 3.77. The first-order chi connectivity index (χ1) is 20.3. The van der Waals surface area contributed by atoms with Gasteiger partial charge in [0.25, 0.3) is 11.8 Å². The van der Waals surface area contributed by atoms with Gasteiger partial charge in [0, 0.05) is 22.2 Å². The molecule has 1 unspecified atom stereocenters. The lowest BCUT2D eigenvalue weighted by atomic mass is 9.83. The van der Waals surface area contributed by atoms with Crippen LogP contribution in [-0.2, 0) is 23.4 Å². The molecule has 2 aliphatic heterocycles. The molecule has 0 N–H and O–H groups in total. The van der Waals surface area contributed by atoms with E-state index in [1.807, 2.05) is 36.4 Å². The molecule has 2 aliphatic rings. The lowest BCUT2D eigenvalue weighted by molar-refractivity contribution is -0.126. The molecular weight excluding hydrogens is 575 g/mol. The number of carbonyl (C=O) groups is 2. The molecule has 208 valence electrons. The van der Waals surface area contributed by atoms with Crippen molar-refractivity contribution in [1.29, 1.82) is 0 Å². The van der Waals surface area contributed by atoms with Crippen LogP contribution in [0.15, 0.2) is 100 Å². The van der Waals surface area contributed by atoms with E-state index < -0.39 is 22.8 Å². The van der Waals surface area contributed by atoms with Crippen molar-refractivity contribution in [3.63, 3.8) is 0 Å². The fraction of sp³-hybridized carbons (Fsp3) is 0.121. The van der Waals surface area contributed by atoms with Crippen LogP contribution in [0.5, 0.6) is 5.75 Å². The predicted octanol–water partition coefficient (Wildman–Crippen LogP) is 6.55. The summed E-state index contributed by atoms with van der Waals surface area (Å²) in [5.41, 5.74) is 0.687. The Morgan fingerprint density at radius 3 is 2.21 bits per heavy atom. The minimum atomic E-state index is -1.76. The Hall–Kier alpha value is -4.59. The Balaban J connectivity index is 1.49. The van der Waals surface area contributed by atoms with Gasteiger partial charge >= 0.3 is 0 Å². The maximum atomic E-state index is 14.9. The molecule has 2 amide bonds.